The molecule has 2 aliphatic heterocycles. The number of anilines is 1. The van der Waals surface area contributed by atoms with Crippen LogP contribution in [0.5, 0.6) is 0 Å². The highest BCUT2D eigenvalue weighted by Gasteiger charge is 2.42. The number of morpholine rings is 2. The van der Waals surface area contributed by atoms with E-state index in [9.17, 15) is 14.0 Å². The predicted molar refractivity (Wildman–Crippen MR) is 118 cm³/mol. The number of halogens is 1. The minimum atomic E-state index is -0.973. The van der Waals surface area contributed by atoms with Crippen LogP contribution in [0.3, 0.4) is 0 Å². The van der Waals surface area contributed by atoms with Crippen molar-refractivity contribution in [2.75, 3.05) is 57.9 Å². The van der Waals surface area contributed by atoms with Gasteiger partial charge in [-0.1, -0.05) is 12.1 Å². The molecule has 0 radical (unpaired) electrons. The smallest absolute Gasteiger partial charge is 0.256 e. The lowest BCUT2D eigenvalue weighted by Crippen LogP contribution is -2.61. The molecule has 0 bridgehead atoms. The molecule has 172 valence electrons. The molecule has 0 spiro atoms. The van der Waals surface area contributed by atoms with E-state index in [-0.39, 0.29) is 24.2 Å². The summed E-state index contributed by atoms with van der Waals surface area (Å²) in [7, 11) is 0. The third-order valence-electron chi connectivity index (χ3n) is 5.56. The average molecular weight is 463 g/mol. The second kappa shape index (κ2) is 10.0. The van der Waals surface area contributed by atoms with Crippen LogP contribution in [0.15, 0.2) is 30.5 Å². The molecule has 0 aliphatic carbocycles. The zero-order chi connectivity index (χ0) is 22.6. The number of rotatable bonds is 6. The summed E-state index contributed by atoms with van der Waals surface area (Å²) >= 11 is 1.39. The number of nitrogens with zero attached hydrogens (tertiary/aromatic N) is 3. The fraction of sp³-hybridized carbons (Fsp3) is 0.500. The van der Waals surface area contributed by atoms with Crippen molar-refractivity contribution in [2.24, 2.45) is 0 Å². The van der Waals surface area contributed by atoms with E-state index in [0.29, 0.717) is 57.6 Å². The maximum atomic E-state index is 13.1. The summed E-state index contributed by atoms with van der Waals surface area (Å²) in [6.07, 6.45) is 2.34. The second-order valence-electron chi connectivity index (χ2n) is 8.18. The standard InChI is InChI=1S/C22H27FN4O4S/c1-22(20(29)27-7-9-30-10-8-27)15-26(6-11-31-22)14-19(28)25-21-24-13-18(32-21)12-16-2-4-17(23)5-3-16/h2-5,13H,6-12,14-15H2,1H3,(H,24,25,28)/t22-/m1/s1. The number of hydrogen-bond acceptors (Lipinski definition) is 7. The van der Waals surface area contributed by atoms with Crippen LogP contribution in [0.4, 0.5) is 9.52 Å². The molecule has 2 aliphatic rings. The van der Waals surface area contributed by atoms with Crippen molar-refractivity contribution >= 4 is 28.3 Å². The number of hydrogen-bond donors (Lipinski definition) is 1. The SMILES string of the molecule is C[C@]1(C(=O)N2CCOCC2)CN(CC(=O)Nc2ncc(Cc3ccc(F)cc3)s2)CCO1. The Morgan fingerprint density at radius 2 is 1.94 bits per heavy atom. The largest absolute Gasteiger partial charge is 0.378 e. The van der Waals surface area contributed by atoms with E-state index in [1.54, 1.807) is 30.2 Å². The molecule has 2 saturated heterocycles. The molecule has 10 heteroatoms. The molecule has 1 atom stereocenters. The molecule has 1 aromatic carbocycles. The summed E-state index contributed by atoms with van der Waals surface area (Å²) in [6, 6.07) is 6.33. The Kier molecular flexibility index (Phi) is 7.14. The lowest BCUT2D eigenvalue weighted by molar-refractivity contribution is -0.171. The van der Waals surface area contributed by atoms with Crippen LogP contribution < -0.4 is 5.32 Å². The molecule has 0 unspecified atom stereocenters. The van der Waals surface area contributed by atoms with E-state index in [0.717, 1.165) is 10.4 Å². The molecule has 2 aromatic rings. The predicted octanol–water partition coefficient (Wildman–Crippen LogP) is 1.76. The number of carbonyl (C=O) groups is 2. The quantitative estimate of drug-likeness (QED) is 0.705. The van der Waals surface area contributed by atoms with Gasteiger partial charge in [-0.25, -0.2) is 9.37 Å². The molecular formula is C22H27FN4O4S. The highest BCUT2D eigenvalue weighted by molar-refractivity contribution is 7.15. The number of amides is 2. The van der Waals surface area contributed by atoms with Crippen molar-refractivity contribution < 1.29 is 23.5 Å². The maximum Gasteiger partial charge on any atom is 0.256 e. The first-order chi connectivity index (χ1) is 15.4. The molecule has 1 aromatic heterocycles. The Hall–Kier alpha value is -2.40. The molecule has 4 rings (SSSR count). The number of nitrogens with one attached hydrogen (secondary N) is 1. The Bertz CT molecular complexity index is 948. The third kappa shape index (κ3) is 5.69. The van der Waals surface area contributed by atoms with E-state index in [2.05, 4.69) is 10.3 Å². The van der Waals surface area contributed by atoms with Gasteiger partial charge in [0.1, 0.15) is 5.82 Å². The minimum absolute atomic E-state index is 0.0590. The Labute approximate surface area is 190 Å². The summed E-state index contributed by atoms with van der Waals surface area (Å²) in [5, 5.41) is 3.36. The van der Waals surface area contributed by atoms with Crippen LogP contribution >= 0.6 is 11.3 Å². The van der Waals surface area contributed by atoms with Crippen molar-refractivity contribution in [1.82, 2.24) is 14.8 Å². The van der Waals surface area contributed by atoms with Crippen molar-refractivity contribution in [2.45, 2.75) is 18.9 Å². The summed E-state index contributed by atoms with van der Waals surface area (Å²) < 4.78 is 24.2. The van der Waals surface area contributed by atoms with Crippen LogP contribution in [0.25, 0.3) is 0 Å². The summed E-state index contributed by atoms with van der Waals surface area (Å²) in [5.41, 5.74) is 0.00444. The van der Waals surface area contributed by atoms with Crippen molar-refractivity contribution in [3.63, 3.8) is 0 Å². The number of ether oxygens (including phenoxy) is 2. The van der Waals surface area contributed by atoms with Gasteiger partial charge in [0.2, 0.25) is 5.91 Å². The van der Waals surface area contributed by atoms with Crippen LogP contribution in [-0.4, -0.2) is 84.7 Å². The molecule has 3 heterocycles. The summed E-state index contributed by atoms with van der Waals surface area (Å²) in [4.78, 5) is 34.5. The lowest BCUT2D eigenvalue weighted by Gasteiger charge is -2.42. The van der Waals surface area contributed by atoms with Gasteiger partial charge in [0.15, 0.2) is 10.7 Å². The van der Waals surface area contributed by atoms with Gasteiger partial charge in [-0.15, -0.1) is 11.3 Å². The summed E-state index contributed by atoms with van der Waals surface area (Å²) in [6.45, 7) is 5.44. The van der Waals surface area contributed by atoms with Gasteiger partial charge in [-0.3, -0.25) is 14.5 Å². The summed E-state index contributed by atoms with van der Waals surface area (Å²) in [5.74, 6) is -0.510. The number of benzene rings is 1. The highest BCUT2D eigenvalue weighted by Crippen LogP contribution is 2.23. The van der Waals surface area contributed by atoms with E-state index in [1.165, 1.54) is 23.5 Å². The zero-order valence-electron chi connectivity index (χ0n) is 18.0. The number of aromatic nitrogens is 1. The number of carbonyl (C=O) groups excluding carboxylic acids is 2. The van der Waals surface area contributed by atoms with Crippen LogP contribution in [0, 0.1) is 5.82 Å². The van der Waals surface area contributed by atoms with Crippen LogP contribution in [-0.2, 0) is 25.5 Å². The number of thiazole rings is 1. The van der Waals surface area contributed by atoms with Crippen molar-refractivity contribution in [3.8, 4) is 0 Å². The second-order valence-corrected chi connectivity index (χ2v) is 9.29. The average Bonchev–Trinajstić information content (AvgIpc) is 3.22. The van der Waals surface area contributed by atoms with Crippen molar-refractivity contribution in [1.29, 1.82) is 0 Å². The Morgan fingerprint density at radius 3 is 2.69 bits per heavy atom. The molecule has 2 amide bonds. The Balaban J connectivity index is 1.29. The first-order valence-corrected chi connectivity index (χ1v) is 11.5. The van der Waals surface area contributed by atoms with E-state index >= 15 is 0 Å². The van der Waals surface area contributed by atoms with E-state index < -0.39 is 5.60 Å². The lowest BCUT2D eigenvalue weighted by atomic mass is 10.0. The van der Waals surface area contributed by atoms with Gasteiger partial charge in [0, 0.05) is 43.7 Å². The van der Waals surface area contributed by atoms with Gasteiger partial charge in [-0.05, 0) is 24.6 Å². The van der Waals surface area contributed by atoms with Gasteiger partial charge >= 0.3 is 0 Å². The molecular weight excluding hydrogens is 435 g/mol. The third-order valence-corrected chi connectivity index (χ3v) is 6.48. The molecule has 32 heavy (non-hydrogen) atoms. The van der Waals surface area contributed by atoms with E-state index in [1.807, 2.05) is 4.90 Å². The zero-order valence-corrected chi connectivity index (χ0v) is 18.8. The van der Waals surface area contributed by atoms with Gasteiger partial charge in [-0.2, -0.15) is 0 Å². The molecule has 8 nitrogen and oxygen atoms in total. The topological polar surface area (TPSA) is 84.0 Å². The van der Waals surface area contributed by atoms with Gasteiger partial charge in [0.25, 0.3) is 5.91 Å². The van der Waals surface area contributed by atoms with E-state index in [4.69, 9.17) is 9.47 Å². The highest BCUT2D eigenvalue weighted by atomic mass is 32.1. The van der Waals surface area contributed by atoms with Crippen LogP contribution in [0.2, 0.25) is 0 Å². The molecule has 1 N–H and O–H groups in total. The minimum Gasteiger partial charge on any atom is -0.378 e. The normalized spacial score (nSPS) is 22.0. The van der Waals surface area contributed by atoms with Gasteiger partial charge < -0.3 is 19.7 Å². The van der Waals surface area contributed by atoms with Crippen molar-refractivity contribution in [3.05, 3.63) is 46.7 Å². The first kappa shape index (κ1) is 22.8. The van der Waals surface area contributed by atoms with Crippen LogP contribution in [0.1, 0.15) is 17.4 Å². The maximum absolute atomic E-state index is 13.1. The Morgan fingerprint density at radius 1 is 1.19 bits per heavy atom. The fourth-order valence-electron chi connectivity index (χ4n) is 3.93. The fourth-order valence-corrected chi connectivity index (χ4v) is 4.79. The molecule has 0 saturated carbocycles. The van der Waals surface area contributed by atoms with Gasteiger partial charge in [0.05, 0.1) is 26.4 Å². The first-order valence-electron chi connectivity index (χ1n) is 10.6. The monoisotopic (exact) mass is 462 g/mol. The molecule has 2 fully saturated rings.